The van der Waals surface area contributed by atoms with E-state index in [1.807, 2.05) is 6.92 Å². The first-order chi connectivity index (χ1) is 7.89. The van der Waals surface area contributed by atoms with E-state index in [0.29, 0.717) is 18.5 Å². The Balaban J connectivity index is 2.66. The average molecular weight is 242 g/mol. The van der Waals surface area contributed by atoms with E-state index in [1.165, 1.54) is 12.8 Å². The lowest BCUT2D eigenvalue weighted by molar-refractivity contribution is 0.0979. The second-order valence-electron chi connectivity index (χ2n) is 6.28. The van der Waals surface area contributed by atoms with E-state index in [0.717, 1.165) is 18.8 Å². The van der Waals surface area contributed by atoms with Gasteiger partial charge in [-0.2, -0.15) is 0 Å². The van der Waals surface area contributed by atoms with E-state index in [9.17, 15) is 5.11 Å². The zero-order valence-corrected chi connectivity index (χ0v) is 11.9. The van der Waals surface area contributed by atoms with Crippen LogP contribution in [0.5, 0.6) is 0 Å². The van der Waals surface area contributed by atoms with Crippen molar-refractivity contribution in [2.24, 2.45) is 17.6 Å². The van der Waals surface area contributed by atoms with Crippen LogP contribution in [0.4, 0.5) is 0 Å². The zero-order valence-electron chi connectivity index (χ0n) is 11.9. The molecule has 4 N–H and O–H groups in total. The third-order valence-corrected chi connectivity index (χ3v) is 4.34. The number of rotatable bonds is 5. The van der Waals surface area contributed by atoms with Gasteiger partial charge in [0.05, 0.1) is 6.10 Å². The zero-order chi connectivity index (χ0) is 13.1. The van der Waals surface area contributed by atoms with Gasteiger partial charge in [0, 0.05) is 18.1 Å². The Hall–Kier alpha value is -0.120. The molecule has 0 aromatic rings. The highest BCUT2D eigenvalue weighted by Gasteiger charge is 2.40. The van der Waals surface area contributed by atoms with Crippen molar-refractivity contribution < 1.29 is 5.11 Å². The molecule has 3 heteroatoms. The van der Waals surface area contributed by atoms with Crippen LogP contribution in [0.1, 0.15) is 53.4 Å². The number of aliphatic hydroxyl groups excluding tert-OH is 1. The highest BCUT2D eigenvalue weighted by atomic mass is 16.3. The number of nitrogens with one attached hydrogen (secondary N) is 1. The number of hydrogen-bond acceptors (Lipinski definition) is 3. The van der Waals surface area contributed by atoms with Gasteiger partial charge in [-0.3, -0.25) is 0 Å². The molecule has 0 amide bonds. The molecular formula is C14H30N2O. The van der Waals surface area contributed by atoms with Gasteiger partial charge >= 0.3 is 0 Å². The average Bonchev–Trinajstić information content (AvgIpc) is 2.22. The maximum absolute atomic E-state index is 9.46. The molecule has 0 aromatic heterocycles. The predicted octanol–water partition coefficient (Wildman–Crippen LogP) is 1.89. The van der Waals surface area contributed by atoms with Crippen LogP contribution in [0.3, 0.4) is 0 Å². The molecule has 0 aromatic carbocycles. The van der Waals surface area contributed by atoms with Crippen molar-refractivity contribution in [3.63, 3.8) is 0 Å². The van der Waals surface area contributed by atoms with Crippen molar-refractivity contribution in [1.82, 2.24) is 5.32 Å². The van der Waals surface area contributed by atoms with E-state index >= 15 is 0 Å². The molecular weight excluding hydrogens is 212 g/mol. The molecule has 1 aliphatic rings. The quantitative estimate of drug-likeness (QED) is 0.690. The number of aliphatic hydroxyl groups is 1. The van der Waals surface area contributed by atoms with Crippen molar-refractivity contribution >= 4 is 0 Å². The summed E-state index contributed by atoms with van der Waals surface area (Å²) in [6, 6.07) is 0.325. The Morgan fingerprint density at radius 2 is 2.00 bits per heavy atom. The van der Waals surface area contributed by atoms with Crippen LogP contribution in [0.2, 0.25) is 0 Å². The summed E-state index contributed by atoms with van der Waals surface area (Å²) >= 11 is 0. The summed E-state index contributed by atoms with van der Waals surface area (Å²) in [6.07, 6.45) is 4.28. The van der Waals surface area contributed by atoms with Gasteiger partial charge in [0.1, 0.15) is 0 Å². The molecule has 1 saturated carbocycles. The maximum atomic E-state index is 9.46. The van der Waals surface area contributed by atoms with E-state index in [1.54, 1.807) is 0 Å². The molecule has 3 nitrogen and oxygen atoms in total. The Labute approximate surface area is 106 Å². The number of hydrogen-bond donors (Lipinski definition) is 3. The van der Waals surface area contributed by atoms with Crippen molar-refractivity contribution in [2.45, 2.75) is 71.1 Å². The molecule has 17 heavy (non-hydrogen) atoms. The van der Waals surface area contributed by atoms with Gasteiger partial charge in [-0.05, 0) is 44.9 Å². The SMILES string of the molecule is CC(O)CC(C)NC1(CN)CC(C)CCC1C. The van der Waals surface area contributed by atoms with Crippen LogP contribution in [-0.2, 0) is 0 Å². The normalized spacial score (nSPS) is 37.8. The first-order valence-corrected chi connectivity index (χ1v) is 7.05. The molecule has 5 unspecified atom stereocenters. The Morgan fingerprint density at radius 1 is 1.35 bits per heavy atom. The summed E-state index contributed by atoms with van der Waals surface area (Å²) in [5.41, 5.74) is 6.12. The molecule has 0 bridgehead atoms. The minimum Gasteiger partial charge on any atom is -0.393 e. The van der Waals surface area contributed by atoms with Gasteiger partial charge in [0.2, 0.25) is 0 Å². The third kappa shape index (κ3) is 3.94. The standard InChI is InChI=1S/C14H30N2O/c1-10-5-6-11(2)14(8-10,9-15)16-12(3)7-13(4)17/h10-13,16-17H,5-9,15H2,1-4H3. The molecule has 1 fully saturated rings. The first kappa shape index (κ1) is 14.9. The van der Waals surface area contributed by atoms with Crippen molar-refractivity contribution in [1.29, 1.82) is 0 Å². The Bertz CT molecular complexity index is 232. The smallest absolute Gasteiger partial charge is 0.0526 e. The summed E-state index contributed by atoms with van der Waals surface area (Å²) in [7, 11) is 0. The summed E-state index contributed by atoms with van der Waals surface area (Å²) < 4.78 is 0. The molecule has 0 heterocycles. The van der Waals surface area contributed by atoms with E-state index in [-0.39, 0.29) is 11.6 Å². The van der Waals surface area contributed by atoms with Crippen LogP contribution in [0.25, 0.3) is 0 Å². The van der Waals surface area contributed by atoms with E-state index < -0.39 is 0 Å². The van der Waals surface area contributed by atoms with Crippen LogP contribution in [0, 0.1) is 11.8 Å². The number of nitrogens with two attached hydrogens (primary N) is 1. The maximum Gasteiger partial charge on any atom is 0.0526 e. The van der Waals surface area contributed by atoms with Crippen LogP contribution >= 0.6 is 0 Å². The lowest BCUT2D eigenvalue weighted by atomic mass is 9.69. The lowest BCUT2D eigenvalue weighted by Crippen LogP contribution is -2.61. The fourth-order valence-electron chi connectivity index (χ4n) is 3.34. The van der Waals surface area contributed by atoms with Crippen LogP contribution in [0.15, 0.2) is 0 Å². The highest BCUT2D eigenvalue weighted by molar-refractivity contribution is 4.99. The van der Waals surface area contributed by atoms with Gasteiger partial charge in [0.15, 0.2) is 0 Å². The molecule has 0 aliphatic heterocycles. The van der Waals surface area contributed by atoms with Gasteiger partial charge in [0.25, 0.3) is 0 Å². The van der Waals surface area contributed by atoms with Crippen LogP contribution in [-0.4, -0.2) is 29.3 Å². The minimum absolute atomic E-state index is 0.0754. The Kier molecular flexibility index (Phi) is 5.42. The van der Waals surface area contributed by atoms with Crippen molar-refractivity contribution in [3.8, 4) is 0 Å². The van der Waals surface area contributed by atoms with E-state index in [4.69, 9.17) is 5.73 Å². The molecule has 102 valence electrons. The van der Waals surface area contributed by atoms with Gasteiger partial charge in [-0.15, -0.1) is 0 Å². The second kappa shape index (κ2) is 6.17. The summed E-state index contributed by atoms with van der Waals surface area (Å²) in [6.45, 7) is 9.32. The lowest BCUT2D eigenvalue weighted by Gasteiger charge is -2.47. The van der Waals surface area contributed by atoms with Crippen LogP contribution < -0.4 is 11.1 Å². The third-order valence-electron chi connectivity index (χ3n) is 4.34. The summed E-state index contributed by atoms with van der Waals surface area (Å²) in [4.78, 5) is 0. The summed E-state index contributed by atoms with van der Waals surface area (Å²) in [5, 5.41) is 13.2. The Morgan fingerprint density at radius 3 is 2.53 bits per heavy atom. The molecule has 1 aliphatic carbocycles. The minimum atomic E-state index is -0.247. The molecule has 5 atom stereocenters. The van der Waals surface area contributed by atoms with Gasteiger partial charge in [-0.25, -0.2) is 0 Å². The van der Waals surface area contributed by atoms with Crippen molar-refractivity contribution in [3.05, 3.63) is 0 Å². The first-order valence-electron chi connectivity index (χ1n) is 7.05. The second-order valence-corrected chi connectivity index (χ2v) is 6.28. The molecule has 0 radical (unpaired) electrons. The predicted molar refractivity (Wildman–Crippen MR) is 72.9 cm³/mol. The summed E-state index contributed by atoms with van der Waals surface area (Å²) in [5.74, 6) is 1.38. The molecule has 1 rings (SSSR count). The topological polar surface area (TPSA) is 58.3 Å². The van der Waals surface area contributed by atoms with Crippen molar-refractivity contribution in [2.75, 3.05) is 6.54 Å². The molecule has 0 spiro atoms. The highest BCUT2D eigenvalue weighted by Crippen LogP contribution is 2.36. The fraction of sp³-hybridized carbons (Fsp3) is 1.00. The molecule has 0 saturated heterocycles. The van der Waals surface area contributed by atoms with E-state index in [2.05, 4.69) is 26.1 Å². The van der Waals surface area contributed by atoms with Gasteiger partial charge in [-0.1, -0.05) is 20.3 Å². The van der Waals surface area contributed by atoms with Gasteiger partial charge < -0.3 is 16.2 Å². The largest absolute Gasteiger partial charge is 0.393 e. The monoisotopic (exact) mass is 242 g/mol. The fourth-order valence-corrected chi connectivity index (χ4v) is 3.34.